The summed E-state index contributed by atoms with van der Waals surface area (Å²) >= 11 is 0. The van der Waals surface area contributed by atoms with Gasteiger partial charge >= 0.3 is 18.1 Å². The first kappa shape index (κ1) is 16.7. The van der Waals surface area contributed by atoms with Gasteiger partial charge in [0.2, 0.25) is 0 Å². The normalized spacial score (nSPS) is 11.2. The van der Waals surface area contributed by atoms with Crippen LogP contribution in [0.4, 0.5) is 13.2 Å². The van der Waals surface area contributed by atoms with E-state index in [0.717, 1.165) is 20.0 Å². The van der Waals surface area contributed by atoms with Gasteiger partial charge in [0.05, 0.1) is 13.5 Å². The number of rotatable bonds is 7. The third-order valence-electron chi connectivity index (χ3n) is 2.37. The Morgan fingerprint density at radius 2 is 1.78 bits per heavy atom. The maximum absolute atomic E-state index is 12.3. The van der Waals surface area contributed by atoms with Crippen LogP contribution < -0.4 is 0 Å². The number of esters is 1. The quantitative estimate of drug-likeness (QED) is 0.525. The summed E-state index contributed by atoms with van der Waals surface area (Å²) < 4.78 is 41.3. The molecule has 0 heterocycles. The summed E-state index contributed by atoms with van der Waals surface area (Å²) in [5, 5.41) is 0. The minimum Gasteiger partial charge on any atom is -0.469 e. The van der Waals surface area contributed by atoms with Gasteiger partial charge in [-0.2, -0.15) is 13.2 Å². The van der Waals surface area contributed by atoms with Crippen LogP contribution in [-0.4, -0.2) is 43.2 Å². The molecular weight excluding hydrogens is 251 g/mol. The Morgan fingerprint density at radius 1 is 1.17 bits per heavy atom. The highest BCUT2D eigenvalue weighted by atomic mass is 19.4. The third-order valence-corrected chi connectivity index (χ3v) is 2.37. The SMILES string of the molecule is CCCCCN(CCC(=O)OC)C(=O)C(F)(F)F. The molecule has 0 fully saturated rings. The first-order valence-electron chi connectivity index (χ1n) is 5.75. The molecule has 0 N–H and O–H groups in total. The van der Waals surface area contributed by atoms with Crippen molar-refractivity contribution in [3.63, 3.8) is 0 Å². The number of carbonyl (C=O) groups excluding carboxylic acids is 2. The average Bonchev–Trinajstić information content (AvgIpc) is 2.31. The highest BCUT2D eigenvalue weighted by Crippen LogP contribution is 2.19. The lowest BCUT2D eigenvalue weighted by Crippen LogP contribution is -2.42. The predicted octanol–water partition coefficient (Wildman–Crippen LogP) is 2.13. The van der Waals surface area contributed by atoms with E-state index in [1.54, 1.807) is 0 Å². The van der Waals surface area contributed by atoms with Crippen LogP contribution in [0.3, 0.4) is 0 Å². The number of ether oxygens (including phenoxy) is 1. The predicted molar refractivity (Wildman–Crippen MR) is 58.8 cm³/mol. The van der Waals surface area contributed by atoms with Crippen molar-refractivity contribution in [2.75, 3.05) is 20.2 Å². The molecule has 7 heteroatoms. The van der Waals surface area contributed by atoms with E-state index in [2.05, 4.69) is 4.74 Å². The molecule has 0 aromatic carbocycles. The summed E-state index contributed by atoms with van der Waals surface area (Å²) in [4.78, 5) is 22.6. The lowest BCUT2D eigenvalue weighted by atomic mass is 10.2. The van der Waals surface area contributed by atoms with Gasteiger partial charge in [0.15, 0.2) is 0 Å². The minimum absolute atomic E-state index is 0.00315. The molecule has 0 saturated carbocycles. The molecule has 0 aromatic rings. The fourth-order valence-electron chi connectivity index (χ4n) is 1.38. The van der Waals surface area contributed by atoms with Crippen LogP contribution in [0, 0.1) is 0 Å². The summed E-state index contributed by atoms with van der Waals surface area (Å²) in [6, 6.07) is 0. The van der Waals surface area contributed by atoms with Crippen LogP contribution >= 0.6 is 0 Å². The molecule has 0 atom stereocenters. The van der Waals surface area contributed by atoms with Crippen LogP contribution in [0.15, 0.2) is 0 Å². The van der Waals surface area contributed by atoms with Gasteiger partial charge in [-0.15, -0.1) is 0 Å². The Bertz CT molecular complexity index is 279. The number of halogens is 3. The monoisotopic (exact) mass is 269 g/mol. The second kappa shape index (κ2) is 7.94. The molecule has 0 unspecified atom stereocenters. The van der Waals surface area contributed by atoms with E-state index >= 15 is 0 Å². The molecule has 1 amide bonds. The molecule has 0 aromatic heterocycles. The Kier molecular flexibility index (Phi) is 7.38. The molecule has 0 bridgehead atoms. The van der Waals surface area contributed by atoms with Gasteiger partial charge in [-0.25, -0.2) is 0 Å². The Balaban J connectivity index is 4.42. The van der Waals surface area contributed by atoms with E-state index in [1.807, 2.05) is 6.92 Å². The van der Waals surface area contributed by atoms with Crippen molar-refractivity contribution in [2.24, 2.45) is 0 Å². The van der Waals surface area contributed by atoms with E-state index in [1.165, 1.54) is 0 Å². The number of carbonyl (C=O) groups is 2. The molecule has 0 spiro atoms. The van der Waals surface area contributed by atoms with E-state index in [4.69, 9.17) is 0 Å². The molecule has 106 valence electrons. The first-order valence-corrected chi connectivity index (χ1v) is 5.75. The largest absolute Gasteiger partial charge is 0.471 e. The number of alkyl halides is 3. The molecular formula is C11H18F3NO3. The van der Waals surface area contributed by atoms with Gasteiger partial charge in [0.25, 0.3) is 0 Å². The number of amides is 1. The van der Waals surface area contributed by atoms with Crippen molar-refractivity contribution in [3.05, 3.63) is 0 Å². The van der Waals surface area contributed by atoms with Crippen molar-refractivity contribution >= 4 is 11.9 Å². The molecule has 0 rings (SSSR count). The van der Waals surface area contributed by atoms with Crippen molar-refractivity contribution in [1.29, 1.82) is 0 Å². The second-order valence-corrected chi connectivity index (χ2v) is 3.82. The van der Waals surface area contributed by atoms with Gasteiger partial charge in [-0.05, 0) is 6.42 Å². The van der Waals surface area contributed by atoms with Crippen LogP contribution in [0.2, 0.25) is 0 Å². The molecule has 0 aliphatic rings. The summed E-state index contributed by atoms with van der Waals surface area (Å²) in [6.07, 6.45) is -3.07. The number of methoxy groups -OCH3 is 1. The van der Waals surface area contributed by atoms with Crippen molar-refractivity contribution in [2.45, 2.75) is 38.8 Å². The highest BCUT2D eigenvalue weighted by molar-refractivity contribution is 5.82. The highest BCUT2D eigenvalue weighted by Gasteiger charge is 2.42. The maximum atomic E-state index is 12.3. The first-order chi connectivity index (χ1) is 8.32. The molecule has 0 aliphatic carbocycles. The molecule has 0 radical (unpaired) electrons. The Hall–Kier alpha value is -1.27. The van der Waals surface area contributed by atoms with Gasteiger partial charge in [-0.3, -0.25) is 9.59 Å². The van der Waals surface area contributed by atoms with Gasteiger partial charge in [0.1, 0.15) is 0 Å². The maximum Gasteiger partial charge on any atom is 0.471 e. The van der Waals surface area contributed by atoms with Crippen LogP contribution in [0.25, 0.3) is 0 Å². The van der Waals surface area contributed by atoms with Crippen LogP contribution in [0.5, 0.6) is 0 Å². The number of hydrogen-bond donors (Lipinski definition) is 0. The summed E-state index contributed by atoms with van der Waals surface area (Å²) in [5.74, 6) is -2.53. The summed E-state index contributed by atoms with van der Waals surface area (Å²) in [7, 11) is 1.15. The second-order valence-electron chi connectivity index (χ2n) is 3.82. The van der Waals surface area contributed by atoms with E-state index in [9.17, 15) is 22.8 Å². The molecule has 18 heavy (non-hydrogen) atoms. The number of hydrogen-bond acceptors (Lipinski definition) is 3. The van der Waals surface area contributed by atoms with Gasteiger partial charge in [-0.1, -0.05) is 19.8 Å². The minimum atomic E-state index is -4.90. The average molecular weight is 269 g/mol. The molecule has 4 nitrogen and oxygen atoms in total. The topological polar surface area (TPSA) is 46.6 Å². The van der Waals surface area contributed by atoms with E-state index in [0.29, 0.717) is 11.3 Å². The zero-order valence-electron chi connectivity index (χ0n) is 10.5. The molecule has 0 saturated heterocycles. The van der Waals surface area contributed by atoms with Crippen molar-refractivity contribution in [3.8, 4) is 0 Å². The van der Waals surface area contributed by atoms with Crippen LogP contribution in [0.1, 0.15) is 32.6 Å². The van der Waals surface area contributed by atoms with Crippen LogP contribution in [-0.2, 0) is 14.3 Å². The fraction of sp³-hybridized carbons (Fsp3) is 0.818. The molecule has 0 aliphatic heterocycles. The summed E-state index contributed by atoms with van der Waals surface area (Å²) in [6.45, 7) is 1.64. The Labute approximate surface area is 104 Å². The lowest BCUT2D eigenvalue weighted by molar-refractivity contribution is -0.185. The van der Waals surface area contributed by atoms with Gasteiger partial charge in [0, 0.05) is 13.1 Å². The lowest BCUT2D eigenvalue weighted by Gasteiger charge is -2.23. The summed E-state index contributed by atoms with van der Waals surface area (Å²) in [5.41, 5.74) is 0. The van der Waals surface area contributed by atoms with Gasteiger partial charge < -0.3 is 9.64 Å². The van der Waals surface area contributed by atoms with E-state index in [-0.39, 0.29) is 19.5 Å². The number of unbranched alkanes of at least 4 members (excludes halogenated alkanes) is 2. The zero-order chi connectivity index (χ0) is 14.2. The van der Waals surface area contributed by atoms with E-state index < -0.39 is 18.1 Å². The number of nitrogens with zero attached hydrogens (tertiary/aromatic N) is 1. The van der Waals surface area contributed by atoms with Crippen molar-refractivity contribution < 1.29 is 27.5 Å². The Morgan fingerprint density at radius 3 is 2.22 bits per heavy atom. The zero-order valence-corrected chi connectivity index (χ0v) is 10.5. The standard InChI is InChI=1S/C11H18F3NO3/c1-3-4-5-7-15(8-6-9(16)18-2)10(17)11(12,13)14/h3-8H2,1-2H3. The smallest absolute Gasteiger partial charge is 0.469 e. The third kappa shape index (κ3) is 6.46. The van der Waals surface area contributed by atoms with Crippen molar-refractivity contribution in [1.82, 2.24) is 4.90 Å². The fourth-order valence-corrected chi connectivity index (χ4v) is 1.38.